The third kappa shape index (κ3) is 3.54. The molecular formula is C14H21NO5. The average Bonchev–Trinajstić information content (AvgIpc) is 2.45. The van der Waals surface area contributed by atoms with Crippen molar-refractivity contribution in [3.05, 3.63) is 17.7 Å². The van der Waals surface area contributed by atoms with E-state index in [1.807, 2.05) is 0 Å². The predicted octanol–water partition coefficient (Wildman–Crippen LogP) is 1.62. The molecule has 0 heterocycles. The topological polar surface area (TPSA) is 68.2 Å². The lowest BCUT2D eigenvalue weighted by atomic mass is 10.1. The first-order valence-corrected chi connectivity index (χ1v) is 6.16. The molecule has 6 heteroatoms. The Morgan fingerprint density at radius 1 is 1.20 bits per heavy atom. The lowest BCUT2D eigenvalue weighted by Gasteiger charge is -2.23. The molecule has 0 aliphatic rings. The van der Waals surface area contributed by atoms with Gasteiger partial charge < -0.3 is 19.3 Å². The van der Waals surface area contributed by atoms with Gasteiger partial charge in [-0.3, -0.25) is 9.69 Å². The Morgan fingerprint density at radius 3 is 2.05 bits per heavy atom. The van der Waals surface area contributed by atoms with Crippen LogP contribution in [-0.4, -0.2) is 50.4 Å². The van der Waals surface area contributed by atoms with Crippen LogP contribution in [0.4, 0.5) is 0 Å². The van der Waals surface area contributed by atoms with Gasteiger partial charge >= 0.3 is 5.97 Å². The summed E-state index contributed by atoms with van der Waals surface area (Å²) in [5, 5.41) is 9.04. The summed E-state index contributed by atoms with van der Waals surface area (Å²) in [6.07, 6.45) is 0. The molecule has 112 valence electrons. The maximum Gasteiger partial charge on any atom is 0.320 e. The van der Waals surface area contributed by atoms with Crippen molar-refractivity contribution in [1.29, 1.82) is 0 Å². The lowest BCUT2D eigenvalue weighted by Crippen LogP contribution is -2.35. The van der Waals surface area contributed by atoms with Gasteiger partial charge in [-0.25, -0.2) is 0 Å². The average molecular weight is 283 g/mol. The Hall–Kier alpha value is -1.95. The largest absolute Gasteiger partial charge is 0.496 e. The number of hydrogen-bond donors (Lipinski definition) is 1. The molecule has 1 rings (SSSR count). The molecule has 0 bridgehead atoms. The number of nitrogens with zero attached hydrogens (tertiary/aromatic N) is 1. The second-order valence-electron chi connectivity index (χ2n) is 4.44. The Balaban J connectivity index is 3.12. The van der Waals surface area contributed by atoms with Gasteiger partial charge in [0.2, 0.25) is 0 Å². The zero-order valence-corrected chi connectivity index (χ0v) is 12.5. The standard InChI is InChI=1S/C14H21NO5/c1-9(14(16)17)15(2)8-11-12(19-4)6-10(18-3)7-13(11)20-5/h6-7,9H,8H2,1-5H3,(H,16,17). The fraction of sp³-hybridized carbons (Fsp3) is 0.500. The van der Waals surface area contributed by atoms with Crippen LogP contribution in [0.1, 0.15) is 12.5 Å². The van der Waals surface area contributed by atoms with Crippen molar-refractivity contribution in [2.75, 3.05) is 28.4 Å². The smallest absolute Gasteiger partial charge is 0.320 e. The Labute approximate surface area is 118 Å². The van der Waals surface area contributed by atoms with Gasteiger partial charge in [0.05, 0.1) is 26.9 Å². The van der Waals surface area contributed by atoms with E-state index in [4.69, 9.17) is 19.3 Å². The van der Waals surface area contributed by atoms with E-state index in [2.05, 4.69) is 0 Å². The molecule has 1 unspecified atom stereocenters. The molecule has 0 spiro atoms. The van der Waals surface area contributed by atoms with Gasteiger partial charge in [-0.1, -0.05) is 0 Å². The zero-order valence-electron chi connectivity index (χ0n) is 12.5. The molecule has 1 N–H and O–H groups in total. The van der Waals surface area contributed by atoms with Crippen LogP contribution in [0, 0.1) is 0 Å². The first-order valence-electron chi connectivity index (χ1n) is 6.16. The summed E-state index contributed by atoms with van der Waals surface area (Å²) in [5.41, 5.74) is 0.784. The molecule has 0 aromatic heterocycles. The number of methoxy groups -OCH3 is 3. The van der Waals surface area contributed by atoms with E-state index >= 15 is 0 Å². The Morgan fingerprint density at radius 2 is 1.70 bits per heavy atom. The van der Waals surface area contributed by atoms with Crippen molar-refractivity contribution in [2.45, 2.75) is 19.5 Å². The van der Waals surface area contributed by atoms with Crippen molar-refractivity contribution in [3.8, 4) is 17.2 Å². The first kappa shape index (κ1) is 16.1. The summed E-state index contributed by atoms with van der Waals surface area (Å²) in [4.78, 5) is 12.7. The van der Waals surface area contributed by atoms with E-state index in [0.29, 0.717) is 23.8 Å². The molecule has 0 saturated heterocycles. The SMILES string of the molecule is COc1cc(OC)c(CN(C)C(C)C(=O)O)c(OC)c1. The maximum atomic E-state index is 11.0. The summed E-state index contributed by atoms with van der Waals surface area (Å²) in [7, 11) is 6.41. The molecule has 0 radical (unpaired) electrons. The third-order valence-corrected chi connectivity index (χ3v) is 3.24. The molecule has 0 aliphatic carbocycles. The zero-order chi connectivity index (χ0) is 15.3. The van der Waals surface area contributed by atoms with Crippen LogP contribution in [-0.2, 0) is 11.3 Å². The predicted molar refractivity (Wildman–Crippen MR) is 74.7 cm³/mol. The van der Waals surface area contributed by atoms with Crippen LogP contribution in [0.3, 0.4) is 0 Å². The molecule has 1 atom stereocenters. The summed E-state index contributed by atoms with van der Waals surface area (Å²) in [6.45, 7) is 2.02. The minimum atomic E-state index is -0.876. The number of carboxylic acids is 1. The molecule has 0 fully saturated rings. The lowest BCUT2D eigenvalue weighted by molar-refractivity contribution is -0.142. The fourth-order valence-corrected chi connectivity index (χ4v) is 1.81. The quantitative estimate of drug-likeness (QED) is 0.820. The molecule has 1 aromatic rings. The van der Waals surface area contributed by atoms with Crippen LogP contribution in [0.2, 0.25) is 0 Å². The highest BCUT2D eigenvalue weighted by Crippen LogP contribution is 2.34. The van der Waals surface area contributed by atoms with Gasteiger partial charge in [-0.05, 0) is 14.0 Å². The second kappa shape index (κ2) is 7.00. The van der Waals surface area contributed by atoms with Crippen LogP contribution < -0.4 is 14.2 Å². The summed E-state index contributed by atoms with van der Waals surface area (Å²) < 4.78 is 15.9. The number of carbonyl (C=O) groups is 1. The number of ether oxygens (including phenoxy) is 3. The van der Waals surface area contributed by atoms with Crippen molar-refractivity contribution >= 4 is 5.97 Å². The molecule has 20 heavy (non-hydrogen) atoms. The number of aliphatic carboxylic acids is 1. The van der Waals surface area contributed by atoms with E-state index in [-0.39, 0.29) is 0 Å². The van der Waals surface area contributed by atoms with Crippen molar-refractivity contribution in [3.63, 3.8) is 0 Å². The molecule has 1 aromatic carbocycles. The van der Waals surface area contributed by atoms with E-state index in [0.717, 1.165) is 5.56 Å². The van der Waals surface area contributed by atoms with Gasteiger partial charge in [0.25, 0.3) is 0 Å². The van der Waals surface area contributed by atoms with Crippen molar-refractivity contribution in [2.24, 2.45) is 0 Å². The van der Waals surface area contributed by atoms with Gasteiger partial charge in [0.1, 0.15) is 23.3 Å². The van der Waals surface area contributed by atoms with Crippen molar-refractivity contribution < 1.29 is 24.1 Å². The molecule has 0 aliphatic heterocycles. The highest BCUT2D eigenvalue weighted by atomic mass is 16.5. The van der Waals surface area contributed by atoms with Crippen LogP contribution >= 0.6 is 0 Å². The fourth-order valence-electron chi connectivity index (χ4n) is 1.81. The van der Waals surface area contributed by atoms with E-state index < -0.39 is 12.0 Å². The summed E-state index contributed by atoms with van der Waals surface area (Å²) >= 11 is 0. The van der Waals surface area contributed by atoms with Gasteiger partial charge in [-0.2, -0.15) is 0 Å². The van der Waals surface area contributed by atoms with E-state index in [1.54, 1.807) is 52.3 Å². The van der Waals surface area contributed by atoms with Crippen LogP contribution in [0.25, 0.3) is 0 Å². The second-order valence-corrected chi connectivity index (χ2v) is 4.44. The van der Waals surface area contributed by atoms with Gasteiger partial charge in [0, 0.05) is 18.7 Å². The molecule has 0 amide bonds. The third-order valence-electron chi connectivity index (χ3n) is 3.24. The van der Waals surface area contributed by atoms with Gasteiger partial charge in [-0.15, -0.1) is 0 Å². The minimum Gasteiger partial charge on any atom is -0.496 e. The van der Waals surface area contributed by atoms with Crippen molar-refractivity contribution in [1.82, 2.24) is 4.90 Å². The minimum absolute atomic E-state index is 0.393. The van der Waals surface area contributed by atoms with Crippen LogP contribution in [0.15, 0.2) is 12.1 Å². The maximum absolute atomic E-state index is 11.0. The number of benzene rings is 1. The summed E-state index contributed by atoms with van der Waals surface area (Å²) in [5.74, 6) is 0.951. The number of carboxylic acid groups (broad SMARTS) is 1. The monoisotopic (exact) mass is 283 g/mol. The number of likely N-dealkylation sites (N-methyl/N-ethyl adjacent to an activating group) is 1. The molecule has 0 saturated carbocycles. The molecular weight excluding hydrogens is 262 g/mol. The first-order chi connectivity index (χ1) is 9.44. The highest BCUT2D eigenvalue weighted by molar-refractivity contribution is 5.72. The van der Waals surface area contributed by atoms with Gasteiger partial charge in [0.15, 0.2) is 0 Å². The summed E-state index contributed by atoms with van der Waals surface area (Å²) in [6, 6.07) is 2.89. The number of rotatable bonds is 7. The normalized spacial score (nSPS) is 12.1. The van der Waals surface area contributed by atoms with Crippen LogP contribution in [0.5, 0.6) is 17.2 Å². The Bertz CT molecular complexity index is 450. The molecule has 6 nitrogen and oxygen atoms in total. The number of hydrogen-bond acceptors (Lipinski definition) is 5. The highest BCUT2D eigenvalue weighted by Gasteiger charge is 2.21. The van der Waals surface area contributed by atoms with E-state index in [1.165, 1.54) is 0 Å². The van der Waals surface area contributed by atoms with E-state index in [9.17, 15) is 4.79 Å². The Kier molecular flexibility index (Phi) is 5.64.